The normalized spacial score (nSPS) is 17.6. The van der Waals surface area contributed by atoms with Gasteiger partial charge in [0.15, 0.2) is 0 Å². The first kappa shape index (κ1) is 29.1. The van der Waals surface area contributed by atoms with Crippen molar-refractivity contribution in [1.82, 2.24) is 19.4 Å². The molecule has 8 rings (SSSR count). The lowest BCUT2D eigenvalue weighted by Gasteiger charge is -2.31. The first-order valence-electron chi connectivity index (χ1n) is 17.1. The van der Waals surface area contributed by atoms with Crippen molar-refractivity contribution in [2.45, 2.75) is 63.8 Å². The molecule has 3 aromatic carbocycles. The van der Waals surface area contributed by atoms with Gasteiger partial charge in [0.25, 0.3) is 0 Å². The van der Waals surface area contributed by atoms with Crippen LogP contribution < -0.4 is 9.64 Å². The molecule has 1 saturated carbocycles. The summed E-state index contributed by atoms with van der Waals surface area (Å²) in [7, 11) is 1.69. The Kier molecular flexibility index (Phi) is 7.68. The van der Waals surface area contributed by atoms with Gasteiger partial charge >= 0.3 is 5.97 Å². The Labute approximate surface area is 270 Å². The average molecular weight is 618 g/mol. The standard InChI is InChI=1S/C38H43N5O3/c1-46-28-13-10-26(11-14-28)37-39-31-17-16-30-35-33(25-8-4-2-5-9-25)29-15-12-27(38(44)45)24-32(29)43(35)23-22-42(36(30)34(31)40-37)21-20-41-18-6-3-7-19-41/h10-17,24-25H,2-9,18-23H2,1H3,(H,39,40)(H,44,45). The lowest BCUT2D eigenvalue weighted by Crippen LogP contribution is -2.38. The van der Waals surface area contributed by atoms with Crippen molar-refractivity contribution < 1.29 is 14.6 Å². The van der Waals surface area contributed by atoms with Gasteiger partial charge in [0.05, 0.1) is 29.6 Å². The number of methoxy groups -OCH3 is 1. The van der Waals surface area contributed by atoms with E-state index in [4.69, 9.17) is 9.72 Å². The zero-order valence-corrected chi connectivity index (χ0v) is 26.7. The Bertz CT molecular complexity index is 1890. The van der Waals surface area contributed by atoms with E-state index in [0.29, 0.717) is 11.5 Å². The molecule has 238 valence electrons. The van der Waals surface area contributed by atoms with Crippen LogP contribution in [0.2, 0.25) is 0 Å². The Balaban J connectivity index is 1.33. The molecule has 0 bridgehead atoms. The molecule has 0 spiro atoms. The number of carboxylic acid groups (broad SMARTS) is 1. The minimum absolute atomic E-state index is 0.348. The summed E-state index contributed by atoms with van der Waals surface area (Å²) in [5.41, 5.74) is 9.52. The number of aromatic carboxylic acids is 1. The highest BCUT2D eigenvalue weighted by molar-refractivity contribution is 6.04. The number of aromatic nitrogens is 3. The lowest BCUT2D eigenvalue weighted by atomic mass is 9.81. The summed E-state index contributed by atoms with van der Waals surface area (Å²) in [4.78, 5) is 26.3. The number of carbonyl (C=O) groups is 1. The van der Waals surface area contributed by atoms with Gasteiger partial charge in [-0.1, -0.05) is 31.7 Å². The van der Waals surface area contributed by atoms with Crippen molar-refractivity contribution in [3.8, 4) is 28.4 Å². The van der Waals surface area contributed by atoms with E-state index in [1.165, 1.54) is 92.4 Å². The molecule has 0 amide bonds. The predicted molar refractivity (Wildman–Crippen MR) is 184 cm³/mol. The van der Waals surface area contributed by atoms with Crippen molar-refractivity contribution in [3.05, 3.63) is 65.7 Å². The molecule has 1 aliphatic carbocycles. The van der Waals surface area contributed by atoms with E-state index in [-0.39, 0.29) is 0 Å². The van der Waals surface area contributed by atoms with Gasteiger partial charge in [-0.3, -0.25) is 0 Å². The summed E-state index contributed by atoms with van der Waals surface area (Å²) >= 11 is 0. The van der Waals surface area contributed by atoms with Crippen LogP contribution in [0.1, 0.15) is 73.2 Å². The van der Waals surface area contributed by atoms with E-state index in [9.17, 15) is 9.90 Å². The lowest BCUT2D eigenvalue weighted by molar-refractivity contribution is 0.0697. The third-order valence-corrected chi connectivity index (χ3v) is 10.7. The first-order valence-corrected chi connectivity index (χ1v) is 17.1. The van der Waals surface area contributed by atoms with Crippen LogP contribution in [-0.2, 0) is 6.54 Å². The number of piperidine rings is 1. The third-order valence-electron chi connectivity index (χ3n) is 10.7. The molecule has 2 aromatic heterocycles. The molecule has 2 fully saturated rings. The number of likely N-dealkylation sites (tertiary alicyclic amines) is 1. The highest BCUT2D eigenvalue weighted by atomic mass is 16.5. The second kappa shape index (κ2) is 12.1. The Morgan fingerprint density at radius 2 is 1.70 bits per heavy atom. The molecule has 0 unspecified atom stereocenters. The second-order valence-electron chi connectivity index (χ2n) is 13.3. The van der Waals surface area contributed by atoms with Gasteiger partial charge in [0, 0.05) is 48.2 Å². The van der Waals surface area contributed by atoms with Crippen molar-refractivity contribution >= 4 is 33.6 Å². The zero-order valence-electron chi connectivity index (χ0n) is 26.7. The maximum Gasteiger partial charge on any atom is 0.335 e. The Hall–Kier alpha value is -4.30. The number of nitrogens with zero attached hydrogens (tertiary/aromatic N) is 4. The number of carboxylic acids is 1. The molecule has 0 atom stereocenters. The fourth-order valence-corrected chi connectivity index (χ4v) is 8.30. The fourth-order valence-electron chi connectivity index (χ4n) is 8.30. The highest BCUT2D eigenvalue weighted by Gasteiger charge is 2.32. The number of benzene rings is 3. The maximum absolute atomic E-state index is 12.1. The number of H-pyrrole nitrogens is 1. The van der Waals surface area contributed by atoms with Gasteiger partial charge in [-0.15, -0.1) is 0 Å². The number of nitrogens with one attached hydrogen (secondary N) is 1. The predicted octanol–water partition coefficient (Wildman–Crippen LogP) is 7.91. The molecular formula is C38H43N5O3. The SMILES string of the molecule is COc1ccc(-c2nc3c4c(ccc3[nH]2)-c2c(C3CCCCC3)c3ccc(C(=O)O)cc3n2CCN4CCN2CCCCC2)cc1. The first-order chi connectivity index (χ1) is 22.6. The molecule has 3 aliphatic rings. The number of imidazole rings is 1. The largest absolute Gasteiger partial charge is 0.497 e. The van der Waals surface area contributed by atoms with E-state index in [1.807, 2.05) is 18.2 Å². The summed E-state index contributed by atoms with van der Waals surface area (Å²) < 4.78 is 7.85. The van der Waals surface area contributed by atoms with Gasteiger partial charge < -0.3 is 29.2 Å². The summed E-state index contributed by atoms with van der Waals surface area (Å²) in [6.07, 6.45) is 10.00. The molecule has 1 saturated heterocycles. The van der Waals surface area contributed by atoms with E-state index in [1.54, 1.807) is 13.2 Å². The van der Waals surface area contributed by atoms with E-state index in [2.05, 4.69) is 49.7 Å². The number of hydrogen-bond donors (Lipinski definition) is 2. The zero-order chi connectivity index (χ0) is 31.2. The molecule has 2 aliphatic heterocycles. The van der Waals surface area contributed by atoms with Crippen molar-refractivity contribution in [3.63, 3.8) is 0 Å². The molecule has 8 nitrogen and oxygen atoms in total. The number of ether oxygens (including phenoxy) is 1. The van der Waals surface area contributed by atoms with Crippen LogP contribution in [0.15, 0.2) is 54.6 Å². The summed E-state index contributed by atoms with van der Waals surface area (Å²) in [6, 6.07) is 18.3. The van der Waals surface area contributed by atoms with Gasteiger partial charge in [0.1, 0.15) is 17.1 Å². The molecular weight excluding hydrogens is 574 g/mol. The number of hydrogen-bond acceptors (Lipinski definition) is 5. The number of fused-ring (bicyclic) bond motifs is 7. The van der Waals surface area contributed by atoms with Crippen LogP contribution in [0.3, 0.4) is 0 Å². The Morgan fingerprint density at radius 1 is 0.913 bits per heavy atom. The van der Waals surface area contributed by atoms with Crippen molar-refractivity contribution in [2.24, 2.45) is 0 Å². The van der Waals surface area contributed by atoms with E-state index >= 15 is 0 Å². The monoisotopic (exact) mass is 617 g/mol. The molecule has 0 radical (unpaired) electrons. The van der Waals surface area contributed by atoms with E-state index < -0.39 is 5.97 Å². The molecule has 46 heavy (non-hydrogen) atoms. The minimum atomic E-state index is -0.877. The van der Waals surface area contributed by atoms with Crippen LogP contribution in [0.4, 0.5) is 5.69 Å². The summed E-state index contributed by atoms with van der Waals surface area (Å²) in [6.45, 7) is 5.93. The molecule has 4 heterocycles. The van der Waals surface area contributed by atoms with E-state index in [0.717, 1.165) is 59.9 Å². The second-order valence-corrected chi connectivity index (χ2v) is 13.3. The topological polar surface area (TPSA) is 86.6 Å². The molecule has 2 N–H and O–H groups in total. The number of rotatable bonds is 7. The quantitative estimate of drug-likeness (QED) is 0.193. The summed E-state index contributed by atoms with van der Waals surface area (Å²) in [5.74, 6) is 1.26. The van der Waals surface area contributed by atoms with Crippen LogP contribution in [0.25, 0.3) is 44.6 Å². The van der Waals surface area contributed by atoms with Gasteiger partial charge in [-0.05, 0) is 98.8 Å². The molecule has 5 aromatic rings. The smallest absolute Gasteiger partial charge is 0.335 e. The number of aromatic amines is 1. The minimum Gasteiger partial charge on any atom is -0.497 e. The van der Waals surface area contributed by atoms with Crippen LogP contribution >= 0.6 is 0 Å². The van der Waals surface area contributed by atoms with Crippen LogP contribution in [-0.4, -0.2) is 70.3 Å². The Morgan fingerprint density at radius 3 is 2.46 bits per heavy atom. The number of anilines is 1. The van der Waals surface area contributed by atoms with Crippen LogP contribution in [0.5, 0.6) is 5.75 Å². The van der Waals surface area contributed by atoms with Crippen molar-refractivity contribution in [1.29, 1.82) is 0 Å². The van der Waals surface area contributed by atoms with Crippen LogP contribution in [0, 0.1) is 0 Å². The summed E-state index contributed by atoms with van der Waals surface area (Å²) in [5, 5.41) is 11.2. The molecule has 8 heteroatoms. The fraction of sp³-hybridized carbons (Fsp3) is 0.421. The van der Waals surface area contributed by atoms with Gasteiger partial charge in [-0.2, -0.15) is 0 Å². The average Bonchev–Trinajstić information content (AvgIpc) is 3.63. The highest BCUT2D eigenvalue weighted by Crippen LogP contribution is 2.49. The van der Waals surface area contributed by atoms with Crippen molar-refractivity contribution in [2.75, 3.05) is 44.7 Å². The van der Waals surface area contributed by atoms with Gasteiger partial charge in [0.2, 0.25) is 0 Å². The van der Waals surface area contributed by atoms with Gasteiger partial charge in [-0.25, -0.2) is 9.78 Å². The third kappa shape index (κ3) is 5.13. The maximum atomic E-state index is 12.1.